The van der Waals surface area contributed by atoms with Crippen LogP contribution in [0.5, 0.6) is 11.5 Å². The first-order chi connectivity index (χ1) is 12.0. The molecular weight excluding hydrogens is 338 g/mol. The first-order valence-corrected chi connectivity index (χ1v) is 10.1. The lowest BCUT2D eigenvalue weighted by Crippen LogP contribution is -2.37. The molecular formula is C19H21NO4S. The van der Waals surface area contributed by atoms with E-state index in [1.165, 1.54) is 0 Å². The lowest BCUT2D eigenvalue weighted by molar-refractivity contribution is 0.171. The van der Waals surface area contributed by atoms with E-state index in [2.05, 4.69) is 0 Å². The van der Waals surface area contributed by atoms with Gasteiger partial charge in [0.2, 0.25) is 10.0 Å². The molecule has 2 aliphatic heterocycles. The molecule has 2 aromatic rings. The summed E-state index contributed by atoms with van der Waals surface area (Å²) in [5, 5.41) is 0. The summed E-state index contributed by atoms with van der Waals surface area (Å²) in [7, 11) is -3.36. The first kappa shape index (κ1) is 16.4. The van der Waals surface area contributed by atoms with E-state index in [-0.39, 0.29) is 5.75 Å². The largest absolute Gasteiger partial charge is 0.486 e. The van der Waals surface area contributed by atoms with E-state index < -0.39 is 10.0 Å². The van der Waals surface area contributed by atoms with Crippen LogP contribution in [-0.2, 0) is 28.7 Å². The van der Waals surface area contributed by atoms with E-state index in [1.807, 2.05) is 43.3 Å². The van der Waals surface area contributed by atoms with Gasteiger partial charge >= 0.3 is 0 Å². The molecule has 5 nitrogen and oxygen atoms in total. The van der Waals surface area contributed by atoms with Crippen molar-refractivity contribution in [2.24, 2.45) is 0 Å². The Labute approximate surface area is 148 Å². The van der Waals surface area contributed by atoms with E-state index in [4.69, 9.17) is 9.47 Å². The van der Waals surface area contributed by atoms with Crippen LogP contribution < -0.4 is 9.47 Å². The van der Waals surface area contributed by atoms with Crippen LogP contribution in [0.3, 0.4) is 0 Å². The van der Waals surface area contributed by atoms with Crippen LogP contribution in [0, 0.1) is 6.92 Å². The minimum absolute atomic E-state index is 0.0412. The van der Waals surface area contributed by atoms with Gasteiger partial charge in [0.25, 0.3) is 0 Å². The topological polar surface area (TPSA) is 55.8 Å². The molecule has 0 atom stereocenters. The highest BCUT2D eigenvalue weighted by atomic mass is 32.2. The molecule has 4 rings (SSSR count). The summed E-state index contributed by atoms with van der Waals surface area (Å²) in [6.45, 7) is 3.92. The van der Waals surface area contributed by atoms with Crippen molar-refractivity contribution in [1.82, 2.24) is 4.31 Å². The Morgan fingerprint density at radius 1 is 1.04 bits per heavy atom. The van der Waals surface area contributed by atoms with Crippen LogP contribution in [0.4, 0.5) is 0 Å². The van der Waals surface area contributed by atoms with Gasteiger partial charge in [0.05, 0.1) is 5.75 Å². The maximum Gasteiger partial charge on any atom is 0.218 e. The minimum Gasteiger partial charge on any atom is -0.486 e. The number of hydrogen-bond acceptors (Lipinski definition) is 4. The van der Waals surface area contributed by atoms with Gasteiger partial charge in [-0.15, -0.1) is 0 Å². The number of sulfonamides is 1. The molecule has 6 heteroatoms. The zero-order valence-corrected chi connectivity index (χ0v) is 15.0. The summed E-state index contributed by atoms with van der Waals surface area (Å²) in [5.41, 5.74) is 4.01. The van der Waals surface area contributed by atoms with E-state index >= 15 is 0 Å². The summed E-state index contributed by atoms with van der Waals surface area (Å²) in [4.78, 5) is 0. The van der Waals surface area contributed by atoms with E-state index in [0.717, 1.165) is 28.0 Å². The Morgan fingerprint density at radius 3 is 2.44 bits per heavy atom. The number of rotatable bonds is 3. The molecule has 2 aromatic carbocycles. The molecule has 0 amide bonds. The molecule has 0 N–H and O–H groups in total. The molecule has 0 saturated heterocycles. The third-order valence-corrected chi connectivity index (χ3v) is 6.61. The van der Waals surface area contributed by atoms with Crippen molar-refractivity contribution < 1.29 is 17.9 Å². The fraction of sp³-hybridized carbons (Fsp3) is 0.368. The Morgan fingerprint density at radius 2 is 1.72 bits per heavy atom. The second-order valence-electron chi connectivity index (χ2n) is 6.53. The average Bonchev–Trinajstić information content (AvgIpc) is 2.61. The van der Waals surface area contributed by atoms with Crippen LogP contribution in [0.25, 0.3) is 0 Å². The van der Waals surface area contributed by atoms with Crippen molar-refractivity contribution in [1.29, 1.82) is 0 Å². The Balaban J connectivity index is 1.58. The van der Waals surface area contributed by atoms with Gasteiger partial charge in [-0.25, -0.2) is 8.42 Å². The van der Waals surface area contributed by atoms with Crippen LogP contribution in [0.15, 0.2) is 36.4 Å². The normalized spacial score (nSPS) is 17.2. The van der Waals surface area contributed by atoms with Crippen molar-refractivity contribution in [2.45, 2.75) is 25.6 Å². The predicted molar refractivity (Wildman–Crippen MR) is 95.3 cm³/mol. The van der Waals surface area contributed by atoms with Gasteiger partial charge in [0.15, 0.2) is 11.5 Å². The molecule has 25 heavy (non-hydrogen) atoms. The molecule has 0 unspecified atom stereocenters. The highest BCUT2D eigenvalue weighted by Gasteiger charge is 2.29. The van der Waals surface area contributed by atoms with Crippen molar-refractivity contribution in [3.63, 3.8) is 0 Å². The Bertz CT molecular complexity index is 908. The molecule has 132 valence electrons. The van der Waals surface area contributed by atoms with Crippen LogP contribution in [0.2, 0.25) is 0 Å². The molecule has 0 bridgehead atoms. The van der Waals surface area contributed by atoms with Crippen LogP contribution >= 0.6 is 0 Å². The third kappa shape index (κ3) is 3.24. The molecule has 0 spiro atoms. The van der Waals surface area contributed by atoms with Gasteiger partial charge < -0.3 is 9.47 Å². The van der Waals surface area contributed by atoms with Gasteiger partial charge in [-0.2, -0.15) is 4.31 Å². The Kier molecular flexibility index (Phi) is 4.17. The molecule has 0 aliphatic carbocycles. The van der Waals surface area contributed by atoms with E-state index in [9.17, 15) is 8.42 Å². The maximum atomic E-state index is 12.9. The quantitative estimate of drug-likeness (QED) is 0.845. The van der Waals surface area contributed by atoms with Gasteiger partial charge in [0, 0.05) is 13.1 Å². The third-order valence-electron chi connectivity index (χ3n) is 4.83. The molecule has 0 aromatic heterocycles. The number of aryl methyl sites for hydroxylation is 1. The molecule has 0 radical (unpaired) electrons. The van der Waals surface area contributed by atoms with Gasteiger partial charge in [-0.1, -0.05) is 24.3 Å². The highest BCUT2D eigenvalue weighted by molar-refractivity contribution is 7.88. The monoisotopic (exact) mass is 359 g/mol. The van der Waals surface area contributed by atoms with Crippen LogP contribution in [0.1, 0.15) is 22.3 Å². The van der Waals surface area contributed by atoms with Gasteiger partial charge in [0.1, 0.15) is 13.2 Å². The predicted octanol–water partition coefficient (Wildman–Crippen LogP) is 2.65. The van der Waals surface area contributed by atoms with E-state index in [1.54, 1.807) is 4.31 Å². The fourth-order valence-electron chi connectivity index (χ4n) is 3.36. The first-order valence-electron chi connectivity index (χ1n) is 8.47. The van der Waals surface area contributed by atoms with Crippen molar-refractivity contribution >= 4 is 10.0 Å². The average molecular weight is 359 g/mol. The summed E-state index contributed by atoms with van der Waals surface area (Å²) < 4.78 is 38.6. The molecule has 0 fully saturated rings. The van der Waals surface area contributed by atoms with Crippen LogP contribution in [-0.4, -0.2) is 32.5 Å². The number of benzene rings is 2. The Hall–Kier alpha value is -2.05. The summed E-state index contributed by atoms with van der Waals surface area (Å²) >= 11 is 0. The fourth-order valence-corrected chi connectivity index (χ4v) is 4.97. The maximum absolute atomic E-state index is 12.9. The zero-order chi connectivity index (χ0) is 17.4. The number of nitrogens with zero attached hydrogens (tertiary/aromatic N) is 1. The summed E-state index contributed by atoms with van der Waals surface area (Å²) in [6, 6.07) is 11.6. The highest BCUT2D eigenvalue weighted by Crippen LogP contribution is 2.36. The number of fused-ring (bicyclic) bond motifs is 2. The molecule has 0 saturated carbocycles. The van der Waals surface area contributed by atoms with Crippen molar-refractivity contribution in [3.8, 4) is 11.5 Å². The zero-order valence-electron chi connectivity index (χ0n) is 14.2. The summed E-state index contributed by atoms with van der Waals surface area (Å²) in [5.74, 6) is 1.52. The van der Waals surface area contributed by atoms with Gasteiger partial charge in [-0.05, 0) is 47.7 Å². The van der Waals surface area contributed by atoms with Gasteiger partial charge in [-0.3, -0.25) is 0 Å². The number of ether oxygens (including phenoxy) is 2. The van der Waals surface area contributed by atoms with Crippen molar-refractivity contribution in [3.05, 3.63) is 58.7 Å². The standard InChI is InChI=1S/C19H21NO4S/c1-14-4-2-3-5-16(14)13-25(21,22)20-7-6-15-10-18-19(11-17(15)12-20)24-9-8-23-18/h2-5,10-11H,6-9,12-13H2,1H3. The second-order valence-corrected chi connectivity index (χ2v) is 8.50. The van der Waals surface area contributed by atoms with E-state index in [0.29, 0.717) is 38.5 Å². The lowest BCUT2D eigenvalue weighted by atomic mass is 10.00. The lowest BCUT2D eigenvalue weighted by Gasteiger charge is -2.30. The molecule has 2 aliphatic rings. The smallest absolute Gasteiger partial charge is 0.218 e. The SMILES string of the molecule is Cc1ccccc1CS(=O)(=O)N1CCc2cc3c(cc2C1)OCCO3. The second kappa shape index (κ2) is 6.35. The number of hydrogen-bond donors (Lipinski definition) is 0. The summed E-state index contributed by atoms with van der Waals surface area (Å²) in [6.07, 6.45) is 0.693. The molecule has 2 heterocycles. The minimum atomic E-state index is -3.36. The van der Waals surface area contributed by atoms with Crippen molar-refractivity contribution in [2.75, 3.05) is 19.8 Å².